The van der Waals surface area contributed by atoms with Crippen LogP contribution in [0.3, 0.4) is 0 Å². The number of piperazine rings is 1. The van der Waals surface area contributed by atoms with Crippen LogP contribution in [0.1, 0.15) is 31.9 Å². The first-order chi connectivity index (χ1) is 9.13. The van der Waals surface area contributed by atoms with Crippen LogP contribution in [0.4, 0.5) is 5.69 Å². The van der Waals surface area contributed by atoms with E-state index in [9.17, 15) is 0 Å². The lowest BCUT2D eigenvalue weighted by Crippen LogP contribution is -2.46. The Morgan fingerprint density at radius 2 is 2.05 bits per heavy atom. The maximum absolute atomic E-state index is 6.19. The maximum Gasteiger partial charge on any atom is 0.0410 e. The summed E-state index contributed by atoms with van der Waals surface area (Å²) in [6, 6.07) is 6.20. The van der Waals surface area contributed by atoms with Gasteiger partial charge in [-0.25, -0.2) is 0 Å². The van der Waals surface area contributed by atoms with Gasteiger partial charge in [0.15, 0.2) is 0 Å². The van der Waals surface area contributed by atoms with Crippen LogP contribution in [-0.2, 0) is 0 Å². The Balaban J connectivity index is 2.33. The van der Waals surface area contributed by atoms with Gasteiger partial charge in [-0.2, -0.15) is 0 Å². The number of nitrogens with one attached hydrogen (secondary N) is 1. The molecule has 0 amide bonds. The molecule has 1 fully saturated rings. The van der Waals surface area contributed by atoms with E-state index < -0.39 is 0 Å². The largest absolute Gasteiger partial charge is 0.398 e. The van der Waals surface area contributed by atoms with Crippen molar-refractivity contribution < 1.29 is 0 Å². The molecule has 106 valence electrons. The van der Waals surface area contributed by atoms with Gasteiger partial charge in [0.1, 0.15) is 0 Å². The van der Waals surface area contributed by atoms with Crippen LogP contribution in [0.15, 0.2) is 18.2 Å². The normalized spacial score (nSPS) is 20.2. The number of benzene rings is 1. The molecule has 1 aliphatic heterocycles. The molecule has 0 aromatic heterocycles. The molecule has 1 heterocycles. The summed E-state index contributed by atoms with van der Waals surface area (Å²) >= 11 is 6.16. The van der Waals surface area contributed by atoms with Crippen LogP contribution < -0.4 is 11.1 Å². The molecule has 1 aromatic rings. The van der Waals surface area contributed by atoms with Gasteiger partial charge in [0.05, 0.1) is 0 Å². The first-order valence-electron chi connectivity index (χ1n) is 7.13. The Bertz CT molecular complexity index is 416. The Kier molecular flexibility index (Phi) is 5.08. The molecular weight excluding hydrogens is 258 g/mol. The lowest BCUT2D eigenvalue weighted by molar-refractivity contribution is 0.129. The predicted molar refractivity (Wildman–Crippen MR) is 82.5 cm³/mol. The molecule has 0 bridgehead atoms. The molecule has 4 heteroatoms. The third kappa shape index (κ3) is 3.41. The van der Waals surface area contributed by atoms with Crippen LogP contribution in [0.5, 0.6) is 0 Å². The summed E-state index contributed by atoms with van der Waals surface area (Å²) in [6.45, 7) is 8.77. The average Bonchev–Trinajstić information content (AvgIpc) is 2.44. The number of nitrogens with zero attached hydrogens (tertiary/aromatic N) is 1. The molecule has 0 radical (unpaired) electrons. The Morgan fingerprint density at radius 3 is 2.68 bits per heavy atom. The van der Waals surface area contributed by atoms with Crippen molar-refractivity contribution in [3.8, 4) is 0 Å². The first-order valence-corrected chi connectivity index (χ1v) is 7.51. The van der Waals surface area contributed by atoms with Crippen molar-refractivity contribution in [2.75, 3.05) is 31.9 Å². The quantitative estimate of drug-likeness (QED) is 0.834. The number of hydrogen-bond donors (Lipinski definition) is 2. The standard InChI is InChI=1S/C15H24ClN3/c1-3-11(2)15(19-8-6-18-7-9-19)13-10-12(16)4-5-14(13)17/h4-5,10-11,15,18H,3,6-9,17H2,1-2H3/t11?,15-/m1/s1. The number of halogens is 1. The van der Waals surface area contributed by atoms with E-state index >= 15 is 0 Å². The van der Waals surface area contributed by atoms with Gasteiger partial charge >= 0.3 is 0 Å². The van der Waals surface area contributed by atoms with E-state index in [0.717, 1.165) is 43.3 Å². The molecule has 0 saturated carbocycles. The van der Waals surface area contributed by atoms with Crippen LogP contribution >= 0.6 is 11.6 Å². The average molecular weight is 282 g/mol. The summed E-state index contributed by atoms with van der Waals surface area (Å²) < 4.78 is 0. The lowest BCUT2D eigenvalue weighted by Gasteiger charge is -2.39. The smallest absolute Gasteiger partial charge is 0.0410 e. The number of hydrogen-bond acceptors (Lipinski definition) is 3. The minimum atomic E-state index is 0.366. The highest BCUT2D eigenvalue weighted by atomic mass is 35.5. The highest BCUT2D eigenvalue weighted by molar-refractivity contribution is 6.30. The topological polar surface area (TPSA) is 41.3 Å². The summed E-state index contributed by atoms with van der Waals surface area (Å²) in [5.41, 5.74) is 8.23. The molecule has 1 aromatic carbocycles. The molecule has 19 heavy (non-hydrogen) atoms. The van der Waals surface area contributed by atoms with E-state index in [2.05, 4.69) is 24.1 Å². The van der Waals surface area contributed by atoms with Crippen molar-refractivity contribution in [1.82, 2.24) is 10.2 Å². The zero-order chi connectivity index (χ0) is 13.8. The summed E-state index contributed by atoms with van der Waals surface area (Å²) in [7, 11) is 0. The Labute approximate surface area is 121 Å². The molecule has 1 saturated heterocycles. The maximum atomic E-state index is 6.19. The summed E-state index contributed by atoms with van der Waals surface area (Å²) in [5.74, 6) is 0.568. The molecule has 0 spiro atoms. The number of rotatable bonds is 4. The van der Waals surface area contributed by atoms with E-state index in [1.165, 1.54) is 5.56 Å². The van der Waals surface area contributed by atoms with E-state index in [0.29, 0.717) is 12.0 Å². The molecular formula is C15H24ClN3. The predicted octanol–water partition coefficient (Wildman–Crippen LogP) is 2.91. The fourth-order valence-electron chi connectivity index (χ4n) is 2.85. The van der Waals surface area contributed by atoms with Gasteiger partial charge in [0, 0.05) is 42.9 Å². The second kappa shape index (κ2) is 6.60. The van der Waals surface area contributed by atoms with Crippen molar-refractivity contribution >= 4 is 17.3 Å². The van der Waals surface area contributed by atoms with E-state index in [1.807, 2.05) is 18.2 Å². The Morgan fingerprint density at radius 1 is 1.37 bits per heavy atom. The number of nitrogen functional groups attached to an aromatic ring is 1. The zero-order valence-corrected chi connectivity index (χ0v) is 12.6. The molecule has 3 N–H and O–H groups in total. The van der Waals surface area contributed by atoms with Gasteiger partial charge in [0.2, 0.25) is 0 Å². The summed E-state index contributed by atoms with van der Waals surface area (Å²) in [4.78, 5) is 2.53. The van der Waals surface area contributed by atoms with Crippen molar-refractivity contribution in [1.29, 1.82) is 0 Å². The second-order valence-corrected chi connectivity index (χ2v) is 5.83. The first kappa shape index (κ1) is 14.6. The van der Waals surface area contributed by atoms with Crippen molar-refractivity contribution in [2.24, 2.45) is 5.92 Å². The summed E-state index contributed by atoms with van der Waals surface area (Å²) in [6.07, 6.45) is 1.14. The van der Waals surface area contributed by atoms with Gasteiger partial charge in [-0.15, -0.1) is 0 Å². The summed E-state index contributed by atoms with van der Waals surface area (Å²) in [5, 5.41) is 4.18. The van der Waals surface area contributed by atoms with Gasteiger partial charge in [-0.05, 0) is 29.7 Å². The van der Waals surface area contributed by atoms with E-state index in [1.54, 1.807) is 0 Å². The number of anilines is 1. The van der Waals surface area contributed by atoms with E-state index in [4.69, 9.17) is 17.3 Å². The van der Waals surface area contributed by atoms with Crippen LogP contribution in [0.2, 0.25) is 5.02 Å². The monoisotopic (exact) mass is 281 g/mol. The second-order valence-electron chi connectivity index (χ2n) is 5.39. The zero-order valence-electron chi connectivity index (χ0n) is 11.8. The fourth-order valence-corrected chi connectivity index (χ4v) is 3.03. The SMILES string of the molecule is CCC(C)[C@H](c1cc(Cl)ccc1N)N1CCNCC1. The molecule has 3 nitrogen and oxygen atoms in total. The van der Waals surface area contributed by atoms with Gasteiger partial charge in [0.25, 0.3) is 0 Å². The van der Waals surface area contributed by atoms with E-state index in [-0.39, 0.29) is 0 Å². The van der Waals surface area contributed by atoms with Crippen molar-refractivity contribution in [3.63, 3.8) is 0 Å². The molecule has 2 atom stereocenters. The van der Waals surface area contributed by atoms with Gasteiger partial charge in [-0.3, -0.25) is 4.90 Å². The lowest BCUT2D eigenvalue weighted by atomic mass is 9.89. The molecule has 2 rings (SSSR count). The van der Waals surface area contributed by atoms with Crippen LogP contribution in [0, 0.1) is 5.92 Å². The molecule has 0 aliphatic carbocycles. The van der Waals surface area contributed by atoms with Crippen LogP contribution in [0.25, 0.3) is 0 Å². The third-order valence-electron chi connectivity index (χ3n) is 4.10. The van der Waals surface area contributed by atoms with Gasteiger partial charge in [-0.1, -0.05) is 31.9 Å². The highest BCUT2D eigenvalue weighted by Gasteiger charge is 2.27. The Hall–Kier alpha value is -0.770. The van der Waals surface area contributed by atoms with Crippen molar-refractivity contribution in [2.45, 2.75) is 26.3 Å². The molecule has 1 unspecified atom stereocenters. The molecule has 1 aliphatic rings. The highest BCUT2D eigenvalue weighted by Crippen LogP contribution is 2.35. The van der Waals surface area contributed by atoms with Crippen LogP contribution in [-0.4, -0.2) is 31.1 Å². The minimum Gasteiger partial charge on any atom is -0.398 e. The number of nitrogens with two attached hydrogens (primary N) is 1. The third-order valence-corrected chi connectivity index (χ3v) is 4.33. The fraction of sp³-hybridized carbons (Fsp3) is 0.600. The van der Waals surface area contributed by atoms with Crippen molar-refractivity contribution in [3.05, 3.63) is 28.8 Å². The van der Waals surface area contributed by atoms with Gasteiger partial charge < -0.3 is 11.1 Å². The minimum absolute atomic E-state index is 0.366.